The first-order valence-electron chi connectivity index (χ1n) is 8.67. The van der Waals surface area contributed by atoms with Crippen LogP contribution in [0.5, 0.6) is 0 Å². The largest absolute Gasteiger partial charge is 0.139 e. The van der Waals surface area contributed by atoms with Crippen molar-refractivity contribution in [2.45, 2.75) is 79.8 Å². The fourth-order valence-corrected chi connectivity index (χ4v) is 5.29. The van der Waals surface area contributed by atoms with Crippen molar-refractivity contribution in [3.63, 3.8) is 0 Å². The molecule has 138 valence electrons. The van der Waals surface area contributed by atoms with Gasteiger partial charge in [0.25, 0.3) is 0 Å². The van der Waals surface area contributed by atoms with E-state index >= 15 is 0 Å². The maximum absolute atomic E-state index is 3.76. The molecule has 0 aromatic heterocycles. The van der Waals surface area contributed by atoms with E-state index < -0.39 is 16.1 Å². The third-order valence-corrected chi connectivity index (χ3v) is 6.00. The second kappa shape index (κ2) is 10.7. The second-order valence-electron chi connectivity index (χ2n) is 8.56. The molecule has 0 unspecified atom stereocenters. The van der Waals surface area contributed by atoms with Crippen LogP contribution < -0.4 is 0 Å². The smallest absolute Gasteiger partial charge is 0.128 e. The van der Waals surface area contributed by atoms with Crippen molar-refractivity contribution in [2.24, 2.45) is 0 Å². The molecule has 0 atom stereocenters. The minimum atomic E-state index is -1.09. The summed E-state index contributed by atoms with van der Waals surface area (Å²) in [5.74, 6) is 1.48. The zero-order chi connectivity index (χ0) is 18.4. The normalized spacial score (nSPS) is 15.2. The molecule has 1 aliphatic carbocycles. The Kier molecular flexibility index (Phi) is 11.5. The minimum absolute atomic E-state index is 0. The first-order chi connectivity index (χ1) is 10.3. The third kappa shape index (κ3) is 9.88. The van der Waals surface area contributed by atoms with Gasteiger partial charge >= 0.3 is 0 Å². The van der Waals surface area contributed by atoms with Crippen LogP contribution in [0.4, 0.5) is 0 Å². The minimum Gasteiger partial charge on any atom is -0.139 e. The molecule has 0 saturated carbocycles. The molecule has 0 N–H and O–H groups in total. The molecule has 0 aromatic rings. The SMILES string of the molecule is C=CCCC1=C(C)C(C)=C(C)[C]1C.C[Si](C)(C)C#C[Si](C)(C)C.[Co]. The van der Waals surface area contributed by atoms with Crippen molar-refractivity contribution < 1.29 is 16.8 Å². The molecule has 0 aromatic carbocycles. The zero-order valence-corrected chi connectivity index (χ0v) is 20.6. The fourth-order valence-electron chi connectivity index (χ4n) is 2.29. The maximum atomic E-state index is 3.76. The fraction of sp³-hybridized carbons (Fsp3) is 0.571. The van der Waals surface area contributed by atoms with Gasteiger partial charge in [0, 0.05) is 22.7 Å². The van der Waals surface area contributed by atoms with Crippen LogP contribution in [0.25, 0.3) is 0 Å². The monoisotopic (exact) mass is 404 g/mol. The number of rotatable bonds is 3. The molecule has 0 nitrogen and oxygen atoms in total. The molecule has 0 spiro atoms. The summed E-state index contributed by atoms with van der Waals surface area (Å²) in [5, 5.41) is 0. The van der Waals surface area contributed by atoms with Crippen molar-refractivity contribution in [3.8, 4) is 11.1 Å². The molecule has 0 heterocycles. The van der Waals surface area contributed by atoms with Crippen LogP contribution >= 0.6 is 0 Å². The van der Waals surface area contributed by atoms with Crippen LogP contribution in [-0.4, -0.2) is 16.1 Å². The van der Waals surface area contributed by atoms with Gasteiger partial charge in [-0.3, -0.25) is 0 Å². The van der Waals surface area contributed by atoms with Gasteiger partial charge < -0.3 is 0 Å². The predicted molar refractivity (Wildman–Crippen MR) is 114 cm³/mol. The molecule has 2 radical (unpaired) electrons. The summed E-state index contributed by atoms with van der Waals surface area (Å²) < 4.78 is 0. The van der Waals surface area contributed by atoms with Crippen molar-refractivity contribution >= 4 is 16.1 Å². The topological polar surface area (TPSA) is 0 Å². The van der Waals surface area contributed by atoms with Gasteiger partial charge in [-0.25, -0.2) is 0 Å². The van der Waals surface area contributed by atoms with Crippen LogP contribution in [0.3, 0.4) is 0 Å². The Morgan fingerprint density at radius 1 is 0.792 bits per heavy atom. The number of hydrogen-bond donors (Lipinski definition) is 0. The van der Waals surface area contributed by atoms with Gasteiger partial charge in [-0.05, 0) is 44.8 Å². The van der Waals surface area contributed by atoms with E-state index in [0.29, 0.717) is 0 Å². The van der Waals surface area contributed by atoms with Crippen LogP contribution in [0.2, 0.25) is 39.3 Å². The molecule has 0 amide bonds. The van der Waals surface area contributed by atoms with E-state index in [4.69, 9.17) is 0 Å². The second-order valence-corrected chi connectivity index (χ2v) is 18.1. The summed E-state index contributed by atoms with van der Waals surface area (Å²) in [6.07, 6.45) is 4.23. The Bertz CT molecular complexity index is 525. The van der Waals surface area contributed by atoms with Crippen LogP contribution in [0.15, 0.2) is 34.9 Å². The molecular weight excluding hydrogens is 367 g/mol. The molecule has 3 heteroatoms. The average Bonchev–Trinajstić information content (AvgIpc) is 2.59. The first-order valence-corrected chi connectivity index (χ1v) is 15.7. The Hall–Kier alpha value is -0.280. The molecule has 1 aliphatic rings. The van der Waals surface area contributed by atoms with Crippen LogP contribution in [0, 0.1) is 17.0 Å². The first kappa shape index (κ1) is 26.0. The summed E-state index contributed by atoms with van der Waals surface area (Å²) in [6, 6.07) is 0. The van der Waals surface area contributed by atoms with Crippen molar-refractivity contribution in [1.82, 2.24) is 0 Å². The Balaban J connectivity index is 0. The molecule has 0 saturated heterocycles. The van der Waals surface area contributed by atoms with E-state index in [-0.39, 0.29) is 16.8 Å². The zero-order valence-electron chi connectivity index (χ0n) is 17.5. The van der Waals surface area contributed by atoms with Gasteiger partial charge in [0.2, 0.25) is 0 Å². The molecule has 1 rings (SSSR count). The van der Waals surface area contributed by atoms with Gasteiger partial charge in [-0.15, -0.1) is 17.7 Å². The van der Waals surface area contributed by atoms with Gasteiger partial charge in [0.05, 0.1) is 0 Å². The number of hydrogen-bond acceptors (Lipinski definition) is 0. The standard InChI is InChI=1S/C13H19.C8H18Si2.Co/c1-6-7-8-13-11(4)9(2)10(3)12(13)5;1-9(2,3)7-8-10(4,5)6;/h6H,1,7-8H2,2-5H3;1-6H3;. The summed E-state index contributed by atoms with van der Waals surface area (Å²) in [5.41, 5.74) is 12.8. The molecule has 24 heavy (non-hydrogen) atoms. The summed E-state index contributed by atoms with van der Waals surface area (Å²) in [7, 11) is -2.19. The van der Waals surface area contributed by atoms with E-state index in [0.717, 1.165) is 12.8 Å². The van der Waals surface area contributed by atoms with Gasteiger partial charge in [0.15, 0.2) is 0 Å². The van der Waals surface area contributed by atoms with E-state index in [2.05, 4.69) is 84.6 Å². The van der Waals surface area contributed by atoms with E-state index in [9.17, 15) is 0 Å². The van der Waals surface area contributed by atoms with E-state index in [1.165, 1.54) is 28.2 Å². The van der Waals surface area contributed by atoms with Crippen LogP contribution in [-0.2, 0) is 16.8 Å². The number of allylic oxidation sites excluding steroid dienone is 5. The summed E-state index contributed by atoms with van der Waals surface area (Å²) >= 11 is 0. The van der Waals surface area contributed by atoms with Crippen molar-refractivity contribution in [2.75, 3.05) is 0 Å². The third-order valence-electron chi connectivity index (χ3n) is 4.00. The average molecular weight is 405 g/mol. The van der Waals surface area contributed by atoms with Gasteiger partial charge in [0.1, 0.15) is 16.1 Å². The Morgan fingerprint density at radius 3 is 1.46 bits per heavy atom. The van der Waals surface area contributed by atoms with Gasteiger partial charge in [-0.2, -0.15) is 0 Å². The molecule has 0 aliphatic heterocycles. The quantitative estimate of drug-likeness (QED) is 0.271. The molecule has 0 fully saturated rings. The Morgan fingerprint density at radius 2 is 1.21 bits per heavy atom. The molecule has 0 bridgehead atoms. The summed E-state index contributed by atoms with van der Waals surface area (Å²) in [4.78, 5) is 0. The molecular formula is C21H37CoSi2. The Labute approximate surface area is 164 Å². The van der Waals surface area contributed by atoms with E-state index in [1.54, 1.807) is 0 Å². The van der Waals surface area contributed by atoms with Crippen molar-refractivity contribution in [3.05, 3.63) is 40.9 Å². The van der Waals surface area contributed by atoms with E-state index in [1.807, 2.05) is 6.08 Å². The van der Waals surface area contributed by atoms with Crippen molar-refractivity contribution in [1.29, 1.82) is 0 Å². The predicted octanol–water partition coefficient (Wildman–Crippen LogP) is 6.96. The summed E-state index contributed by atoms with van der Waals surface area (Å²) in [6.45, 7) is 26.4. The van der Waals surface area contributed by atoms with Crippen LogP contribution in [0.1, 0.15) is 40.5 Å². The van der Waals surface area contributed by atoms with Gasteiger partial charge in [-0.1, -0.05) is 63.4 Å². The maximum Gasteiger partial charge on any atom is 0.128 e.